The lowest BCUT2D eigenvalue weighted by Crippen LogP contribution is -2.42. The number of carbonyl (C=O) groups excluding carboxylic acids is 3. The first-order valence-electron chi connectivity index (χ1n) is 12.5. The van der Waals surface area contributed by atoms with Crippen LogP contribution < -0.4 is 15.8 Å². The lowest BCUT2D eigenvalue weighted by atomic mass is 9.96. The van der Waals surface area contributed by atoms with E-state index in [4.69, 9.17) is 15.2 Å². The monoisotopic (exact) mass is 522 g/mol. The Kier molecular flexibility index (Phi) is 8.85. The van der Waals surface area contributed by atoms with Gasteiger partial charge in [0.25, 0.3) is 11.8 Å². The first-order chi connectivity index (χ1) is 18.4. The van der Waals surface area contributed by atoms with Crippen molar-refractivity contribution in [2.75, 3.05) is 26.8 Å². The van der Waals surface area contributed by atoms with Crippen LogP contribution >= 0.6 is 0 Å². The molecule has 2 aromatic carbocycles. The van der Waals surface area contributed by atoms with E-state index in [1.165, 1.54) is 7.11 Å². The summed E-state index contributed by atoms with van der Waals surface area (Å²) < 4.78 is 24.6. The number of nitrogens with zero attached hydrogens (tertiary/aromatic N) is 2. The van der Waals surface area contributed by atoms with Crippen molar-refractivity contribution in [3.05, 3.63) is 65.6 Å². The Morgan fingerprint density at radius 2 is 1.95 bits per heavy atom. The van der Waals surface area contributed by atoms with Gasteiger partial charge in [0.2, 0.25) is 0 Å². The maximum Gasteiger partial charge on any atom is 0.308 e. The summed E-state index contributed by atoms with van der Waals surface area (Å²) in [5.41, 5.74) is 8.64. The first kappa shape index (κ1) is 27.0. The molecule has 1 fully saturated rings. The van der Waals surface area contributed by atoms with Crippen molar-refractivity contribution in [3.8, 4) is 16.9 Å². The van der Waals surface area contributed by atoms with Crippen LogP contribution in [-0.2, 0) is 20.9 Å². The molecule has 1 saturated heterocycles. The highest BCUT2D eigenvalue weighted by molar-refractivity contribution is 5.96. The van der Waals surface area contributed by atoms with E-state index in [1.807, 2.05) is 6.07 Å². The molecule has 200 valence electrons. The SMILES string of the molecule is COC(=O)C1CCN(C(=O)COc2cccc(-c3cc(C(=O)NC4CC=NC=C4F)ccc3CN)c2)CC1. The molecule has 2 aliphatic rings. The molecule has 38 heavy (non-hydrogen) atoms. The van der Waals surface area contributed by atoms with E-state index in [-0.39, 0.29) is 37.4 Å². The molecule has 0 aromatic heterocycles. The number of likely N-dealkylation sites (tertiary alicyclic amines) is 1. The Morgan fingerprint density at radius 1 is 1.16 bits per heavy atom. The van der Waals surface area contributed by atoms with E-state index >= 15 is 0 Å². The Bertz CT molecular complexity index is 1250. The number of hydrogen-bond acceptors (Lipinski definition) is 7. The molecule has 0 aliphatic carbocycles. The quantitative estimate of drug-likeness (QED) is 0.514. The molecule has 1 unspecified atom stereocenters. The summed E-state index contributed by atoms with van der Waals surface area (Å²) in [7, 11) is 1.37. The maximum atomic E-state index is 14.0. The number of nitrogens with two attached hydrogens (primary N) is 1. The molecule has 0 saturated carbocycles. The number of nitrogens with one attached hydrogen (secondary N) is 1. The highest BCUT2D eigenvalue weighted by Crippen LogP contribution is 2.29. The standard InChI is InChI=1S/C28H31FN4O5/c1-37-28(36)18-8-11-33(12-9-18)26(34)17-38-22-4-2-3-19(13-22)23-14-20(5-6-21(23)15-30)27(35)32-25-7-10-31-16-24(25)29/h2-6,10,13-14,16,18,25H,7-9,11-12,15,17,30H2,1H3,(H,32,35). The predicted octanol–water partition coefficient (Wildman–Crippen LogP) is 2.99. The van der Waals surface area contributed by atoms with Crippen molar-refractivity contribution >= 4 is 24.0 Å². The van der Waals surface area contributed by atoms with Crippen LogP contribution in [0.3, 0.4) is 0 Å². The Labute approximate surface area is 220 Å². The lowest BCUT2D eigenvalue weighted by Gasteiger charge is -2.30. The fourth-order valence-corrected chi connectivity index (χ4v) is 4.55. The number of hydrogen-bond donors (Lipinski definition) is 2. The van der Waals surface area contributed by atoms with Gasteiger partial charge in [-0.3, -0.25) is 19.4 Å². The van der Waals surface area contributed by atoms with Crippen LogP contribution in [0.5, 0.6) is 5.75 Å². The zero-order valence-corrected chi connectivity index (χ0v) is 21.2. The molecule has 2 aliphatic heterocycles. The van der Waals surface area contributed by atoms with Gasteiger partial charge in [0, 0.05) is 37.8 Å². The second-order valence-corrected chi connectivity index (χ2v) is 9.18. The second kappa shape index (κ2) is 12.5. The number of piperidine rings is 1. The normalized spacial score (nSPS) is 17.5. The number of methoxy groups -OCH3 is 1. The minimum absolute atomic E-state index is 0.137. The summed E-state index contributed by atoms with van der Waals surface area (Å²) in [5.74, 6) is -0.986. The Hall–Kier alpha value is -4.05. The summed E-state index contributed by atoms with van der Waals surface area (Å²) in [6, 6.07) is 11.6. The van der Waals surface area contributed by atoms with Gasteiger partial charge in [-0.25, -0.2) is 4.39 Å². The van der Waals surface area contributed by atoms with Crippen molar-refractivity contribution in [1.82, 2.24) is 10.2 Å². The molecule has 0 radical (unpaired) electrons. The minimum atomic E-state index is -0.752. The number of aliphatic imine (C=N–C) groups is 1. The fraction of sp³-hybridized carbons (Fsp3) is 0.357. The molecular weight excluding hydrogens is 491 g/mol. The van der Waals surface area contributed by atoms with E-state index in [0.29, 0.717) is 37.2 Å². The number of carbonyl (C=O) groups is 3. The van der Waals surface area contributed by atoms with Gasteiger partial charge >= 0.3 is 5.97 Å². The minimum Gasteiger partial charge on any atom is -0.484 e. The van der Waals surface area contributed by atoms with Gasteiger partial charge in [-0.05, 0) is 53.8 Å². The maximum absolute atomic E-state index is 14.0. The zero-order valence-electron chi connectivity index (χ0n) is 21.2. The lowest BCUT2D eigenvalue weighted by molar-refractivity contribution is -0.149. The van der Waals surface area contributed by atoms with Gasteiger partial charge < -0.3 is 25.4 Å². The van der Waals surface area contributed by atoms with Crippen molar-refractivity contribution < 1.29 is 28.2 Å². The van der Waals surface area contributed by atoms with Crippen LogP contribution in [0.2, 0.25) is 0 Å². The van der Waals surface area contributed by atoms with E-state index in [2.05, 4.69) is 10.3 Å². The third kappa shape index (κ3) is 6.44. The van der Waals surface area contributed by atoms with Gasteiger partial charge in [-0.2, -0.15) is 0 Å². The number of benzene rings is 2. The summed E-state index contributed by atoms with van der Waals surface area (Å²) in [6.07, 6.45) is 4.06. The van der Waals surface area contributed by atoms with Crippen LogP contribution in [0, 0.1) is 5.92 Å². The number of rotatable bonds is 8. The number of esters is 1. The molecule has 0 spiro atoms. The van der Waals surface area contributed by atoms with E-state index < -0.39 is 17.8 Å². The van der Waals surface area contributed by atoms with Gasteiger partial charge in [-0.1, -0.05) is 18.2 Å². The highest BCUT2D eigenvalue weighted by Gasteiger charge is 2.28. The molecule has 10 heteroatoms. The molecule has 3 N–H and O–H groups in total. The van der Waals surface area contributed by atoms with Crippen LogP contribution in [-0.4, -0.2) is 61.7 Å². The zero-order chi connectivity index (χ0) is 27.1. The average Bonchev–Trinajstić information content (AvgIpc) is 2.96. The molecule has 2 amide bonds. The van der Waals surface area contributed by atoms with E-state index in [0.717, 1.165) is 22.9 Å². The molecule has 0 bridgehead atoms. The van der Waals surface area contributed by atoms with Crippen molar-refractivity contribution in [3.63, 3.8) is 0 Å². The van der Waals surface area contributed by atoms with Gasteiger partial charge in [0.15, 0.2) is 6.61 Å². The molecule has 2 aromatic rings. The largest absolute Gasteiger partial charge is 0.484 e. The predicted molar refractivity (Wildman–Crippen MR) is 140 cm³/mol. The molecule has 2 heterocycles. The number of halogens is 1. The highest BCUT2D eigenvalue weighted by atomic mass is 19.1. The summed E-state index contributed by atoms with van der Waals surface area (Å²) in [5, 5.41) is 2.69. The topological polar surface area (TPSA) is 123 Å². The third-order valence-electron chi connectivity index (χ3n) is 6.76. The van der Waals surface area contributed by atoms with Gasteiger partial charge in [-0.15, -0.1) is 0 Å². The van der Waals surface area contributed by atoms with Crippen molar-refractivity contribution in [1.29, 1.82) is 0 Å². The van der Waals surface area contributed by atoms with Crippen LogP contribution in [0.25, 0.3) is 11.1 Å². The molecule has 4 rings (SSSR count). The van der Waals surface area contributed by atoms with E-state index in [1.54, 1.807) is 47.5 Å². The average molecular weight is 523 g/mol. The van der Waals surface area contributed by atoms with Crippen molar-refractivity contribution in [2.45, 2.75) is 31.8 Å². The van der Waals surface area contributed by atoms with Gasteiger partial charge in [0.05, 0.1) is 25.3 Å². The fourth-order valence-electron chi connectivity index (χ4n) is 4.55. The smallest absolute Gasteiger partial charge is 0.308 e. The summed E-state index contributed by atoms with van der Waals surface area (Å²) in [6.45, 7) is 1.06. The summed E-state index contributed by atoms with van der Waals surface area (Å²) in [4.78, 5) is 42.7. The Balaban J connectivity index is 1.42. The molecule has 9 nitrogen and oxygen atoms in total. The van der Waals surface area contributed by atoms with E-state index in [9.17, 15) is 18.8 Å². The van der Waals surface area contributed by atoms with Crippen LogP contribution in [0.1, 0.15) is 35.2 Å². The van der Waals surface area contributed by atoms with Crippen LogP contribution in [0.4, 0.5) is 4.39 Å². The molecular formula is C28H31FN4O5. The molecule has 1 atom stereocenters. The van der Waals surface area contributed by atoms with Crippen LogP contribution in [0.15, 0.2) is 59.5 Å². The second-order valence-electron chi connectivity index (χ2n) is 9.18. The first-order valence-corrected chi connectivity index (χ1v) is 12.5. The summed E-state index contributed by atoms with van der Waals surface area (Å²) >= 11 is 0. The third-order valence-corrected chi connectivity index (χ3v) is 6.76. The number of amides is 2. The van der Waals surface area contributed by atoms with Gasteiger partial charge in [0.1, 0.15) is 11.6 Å². The number of ether oxygens (including phenoxy) is 2. The Morgan fingerprint density at radius 3 is 2.66 bits per heavy atom. The van der Waals surface area contributed by atoms with Crippen molar-refractivity contribution in [2.24, 2.45) is 16.6 Å².